The second-order valence-electron chi connectivity index (χ2n) is 5.78. The fourth-order valence-corrected chi connectivity index (χ4v) is 2.92. The zero-order chi connectivity index (χ0) is 16.9. The van der Waals surface area contributed by atoms with Crippen molar-refractivity contribution >= 4 is 43.4 Å². The molecule has 1 rings (SSSR count). The average molecular weight is 436 g/mol. The van der Waals surface area contributed by atoms with Crippen molar-refractivity contribution in [1.29, 1.82) is 0 Å². The summed E-state index contributed by atoms with van der Waals surface area (Å²) in [5, 5.41) is 6.90. The molecule has 0 heterocycles. The van der Waals surface area contributed by atoms with Crippen LogP contribution in [0.25, 0.3) is 0 Å². The number of allylic oxidation sites excluding steroid dienone is 4. The Morgan fingerprint density at radius 1 is 0.773 bits per heavy atom. The van der Waals surface area contributed by atoms with Gasteiger partial charge in [0.25, 0.3) is 0 Å². The van der Waals surface area contributed by atoms with Crippen LogP contribution in [0.1, 0.15) is 53.4 Å². The molecule has 4 nitrogen and oxygen atoms in total. The predicted octanol–water partition coefficient (Wildman–Crippen LogP) is 3.91. The Morgan fingerprint density at radius 3 is 1.36 bits per heavy atom. The van der Waals surface area contributed by atoms with E-state index >= 15 is 0 Å². The van der Waals surface area contributed by atoms with Crippen molar-refractivity contribution in [1.82, 2.24) is 10.6 Å². The monoisotopic (exact) mass is 434 g/mol. The van der Waals surface area contributed by atoms with Gasteiger partial charge in [0.15, 0.2) is 11.6 Å². The lowest BCUT2D eigenvalue weighted by Gasteiger charge is -2.35. The van der Waals surface area contributed by atoms with Crippen molar-refractivity contribution < 1.29 is 9.59 Å². The Morgan fingerprint density at radius 2 is 1.09 bits per heavy atom. The maximum absolute atomic E-state index is 11.4. The minimum Gasteiger partial charge on any atom is -0.383 e. The van der Waals surface area contributed by atoms with E-state index in [9.17, 15) is 9.59 Å². The van der Waals surface area contributed by atoms with Gasteiger partial charge in [0, 0.05) is 23.5 Å². The van der Waals surface area contributed by atoms with Crippen LogP contribution in [-0.4, -0.2) is 23.7 Å². The molecule has 124 valence electrons. The molecule has 1 aliphatic rings. The molecular formula is C16H24Br2N2O2. The highest BCUT2D eigenvalue weighted by Gasteiger charge is 2.26. The highest BCUT2D eigenvalue weighted by molar-refractivity contribution is 9.12. The summed E-state index contributed by atoms with van der Waals surface area (Å²) in [6.07, 6.45) is 4.41. The van der Waals surface area contributed by atoms with Crippen molar-refractivity contribution in [3.8, 4) is 0 Å². The van der Waals surface area contributed by atoms with Crippen molar-refractivity contribution in [2.45, 2.75) is 65.5 Å². The summed E-state index contributed by atoms with van der Waals surface area (Å²) < 4.78 is 1.18. The standard InChI is InChI=1S/C16H24Br2N2O2/c1-9(15(17)11(3)21)19-13-7-5-6-8-14(13)20-10(2)16(18)12(4)22/h13-14,19-20H,5-8H2,1-4H3/b15-9+,16-10+/t13-,14-/m1/s1. The van der Waals surface area contributed by atoms with Gasteiger partial charge in [-0.2, -0.15) is 0 Å². The molecule has 6 heteroatoms. The van der Waals surface area contributed by atoms with Crippen LogP contribution >= 0.6 is 31.9 Å². The fourth-order valence-electron chi connectivity index (χ4n) is 2.69. The first kappa shape index (κ1) is 19.4. The first-order valence-electron chi connectivity index (χ1n) is 7.51. The third kappa shape index (κ3) is 5.54. The zero-order valence-corrected chi connectivity index (χ0v) is 16.7. The van der Waals surface area contributed by atoms with Crippen LogP contribution in [0.2, 0.25) is 0 Å². The van der Waals surface area contributed by atoms with E-state index in [1.807, 2.05) is 13.8 Å². The molecule has 0 amide bonds. The number of nitrogens with one attached hydrogen (secondary N) is 2. The molecule has 1 fully saturated rings. The largest absolute Gasteiger partial charge is 0.383 e. The first-order chi connectivity index (χ1) is 10.2. The van der Waals surface area contributed by atoms with Crippen LogP contribution in [0.3, 0.4) is 0 Å². The second kappa shape index (κ2) is 8.87. The Kier molecular flexibility index (Phi) is 7.83. The van der Waals surface area contributed by atoms with Crippen molar-refractivity contribution in [2.24, 2.45) is 0 Å². The minimum absolute atomic E-state index is 0.0146. The molecule has 0 aromatic rings. The van der Waals surface area contributed by atoms with E-state index in [2.05, 4.69) is 42.5 Å². The molecule has 0 radical (unpaired) electrons. The molecule has 0 aliphatic heterocycles. The summed E-state index contributed by atoms with van der Waals surface area (Å²) in [7, 11) is 0. The lowest BCUT2D eigenvalue weighted by atomic mass is 9.90. The third-order valence-corrected chi connectivity index (χ3v) is 6.15. The Bertz CT molecular complexity index is 466. The number of halogens is 2. The van der Waals surface area contributed by atoms with Gasteiger partial charge in [-0.15, -0.1) is 0 Å². The fraction of sp³-hybridized carbons (Fsp3) is 0.625. The summed E-state index contributed by atoms with van der Waals surface area (Å²) >= 11 is 6.67. The first-order valence-corrected chi connectivity index (χ1v) is 9.10. The highest BCUT2D eigenvalue weighted by Crippen LogP contribution is 2.23. The summed E-state index contributed by atoms with van der Waals surface area (Å²) in [5.41, 5.74) is 1.72. The molecule has 0 spiro atoms. The van der Waals surface area contributed by atoms with Crippen molar-refractivity contribution in [2.75, 3.05) is 0 Å². The lowest BCUT2D eigenvalue weighted by Crippen LogP contribution is -2.49. The van der Waals surface area contributed by atoms with Crippen LogP contribution in [0.4, 0.5) is 0 Å². The zero-order valence-electron chi connectivity index (χ0n) is 13.6. The van der Waals surface area contributed by atoms with E-state index in [1.165, 1.54) is 0 Å². The van der Waals surface area contributed by atoms with Gasteiger partial charge in [-0.3, -0.25) is 9.59 Å². The van der Waals surface area contributed by atoms with Crippen LogP contribution in [-0.2, 0) is 9.59 Å². The maximum Gasteiger partial charge on any atom is 0.168 e. The van der Waals surface area contributed by atoms with E-state index in [1.54, 1.807) is 13.8 Å². The Labute approximate surface area is 149 Å². The molecule has 0 unspecified atom stereocenters. The minimum atomic E-state index is 0.0146. The summed E-state index contributed by atoms with van der Waals surface area (Å²) in [6.45, 7) is 6.90. The quantitative estimate of drug-likeness (QED) is 0.621. The predicted molar refractivity (Wildman–Crippen MR) is 96.9 cm³/mol. The van der Waals surface area contributed by atoms with Gasteiger partial charge in [-0.1, -0.05) is 12.8 Å². The molecule has 0 aromatic heterocycles. The molecule has 1 saturated carbocycles. The number of Topliss-reactive ketones (excluding diaryl/α,β-unsaturated/α-hetero) is 2. The maximum atomic E-state index is 11.4. The summed E-state index contributed by atoms with van der Waals surface area (Å²) in [4.78, 5) is 22.9. The van der Waals surface area contributed by atoms with Gasteiger partial charge >= 0.3 is 0 Å². The topological polar surface area (TPSA) is 58.2 Å². The van der Waals surface area contributed by atoms with Gasteiger partial charge in [0.05, 0.1) is 8.96 Å². The summed E-state index contributed by atoms with van der Waals surface area (Å²) in [5.74, 6) is 0.0291. The van der Waals surface area contributed by atoms with Gasteiger partial charge in [0.1, 0.15) is 0 Å². The highest BCUT2D eigenvalue weighted by atomic mass is 79.9. The molecule has 0 aromatic carbocycles. The third-order valence-electron chi connectivity index (χ3n) is 3.85. The average Bonchev–Trinajstić information content (AvgIpc) is 2.47. The molecule has 22 heavy (non-hydrogen) atoms. The van der Waals surface area contributed by atoms with Crippen LogP contribution in [0, 0.1) is 0 Å². The SMILES string of the molecule is CC(=O)/C(Br)=C(/C)N[C@@H]1CCCC[C@H]1N/C(C)=C(/Br)C(C)=O. The molecule has 2 N–H and O–H groups in total. The Hall–Kier alpha value is -0.620. The number of rotatable bonds is 6. The molecular weight excluding hydrogens is 412 g/mol. The van der Waals surface area contributed by atoms with Crippen molar-refractivity contribution in [3.05, 3.63) is 20.4 Å². The number of carbonyl (C=O) groups excluding carboxylic acids is 2. The van der Waals surface area contributed by atoms with Crippen LogP contribution in [0.15, 0.2) is 20.4 Å². The van der Waals surface area contributed by atoms with E-state index < -0.39 is 0 Å². The molecule has 2 atom stereocenters. The smallest absolute Gasteiger partial charge is 0.168 e. The van der Waals surface area contributed by atoms with Crippen molar-refractivity contribution in [3.63, 3.8) is 0 Å². The molecule has 0 saturated heterocycles. The van der Waals surface area contributed by atoms with E-state index in [0.717, 1.165) is 37.1 Å². The van der Waals surface area contributed by atoms with Gasteiger partial charge in [-0.25, -0.2) is 0 Å². The molecule has 1 aliphatic carbocycles. The Balaban J connectivity index is 2.85. The van der Waals surface area contributed by atoms with Gasteiger partial charge < -0.3 is 10.6 Å². The summed E-state index contributed by atoms with van der Waals surface area (Å²) in [6, 6.07) is 0.478. The number of ketones is 2. The van der Waals surface area contributed by atoms with Crippen LogP contribution < -0.4 is 10.6 Å². The number of hydrogen-bond donors (Lipinski definition) is 2. The normalized spacial score (nSPS) is 24.1. The lowest BCUT2D eigenvalue weighted by molar-refractivity contribution is -0.113. The number of carbonyl (C=O) groups is 2. The van der Waals surface area contributed by atoms with Gasteiger partial charge in [-0.05, 0) is 72.4 Å². The molecule has 0 bridgehead atoms. The van der Waals surface area contributed by atoms with Gasteiger partial charge in [0.2, 0.25) is 0 Å². The number of hydrogen-bond acceptors (Lipinski definition) is 4. The van der Waals surface area contributed by atoms with Crippen LogP contribution in [0.5, 0.6) is 0 Å². The van der Waals surface area contributed by atoms with E-state index in [4.69, 9.17) is 0 Å². The second-order valence-corrected chi connectivity index (χ2v) is 7.36. The van der Waals surface area contributed by atoms with E-state index in [-0.39, 0.29) is 23.7 Å². The van der Waals surface area contributed by atoms with E-state index in [0.29, 0.717) is 8.96 Å².